The van der Waals surface area contributed by atoms with Crippen LogP contribution in [0.4, 0.5) is 8.78 Å². The molecule has 2 rings (SSSR count). The van der Waals surface area contributed by atoms with E-state index in [1.54, 1.807) is 13.1 Å². The summed E-state index contributed by atoms with van der Waals surface area (Å²) in [5.74, 6) is -0.300. The third-order valence-electron chi connectivity index (χ3n) is 1.83. The van der Waals surface area contributed by atoms with Crippen molar-refractivity contribution in [3.05, 3.63) is 29.8 Å². The Balaban J connectivity index is 2.68. The molecule has 68 valence electrons. The van der Waals surface area contributed by atoms with Crippen LogP contribution in [0, 0.1) is 6.92 Å². The van der Waals surface area contributed by atoms with Crippen molar-refractivity contribution in [1.82, 2.24) is 4.98 Å². The molecule has 0 atom stereocenters. The molecule has 0 unspecified atom stereocenters. The molecule has 0 amide bonds. The highest BCUT2D eigenvalue weighted by molar-refractivity contribution is 5.79. The maximum atomic E-state index is 12.2. The number of pyridine rings is 1. The normalized spacial score (nSPS) is 11.4. The predicted octanol–water partition coefficient (Wildman–Crippen LogP) is 3.07. The number of hydrogen-bond donors (Lipinski definition) is 0. The molecule has 2 aromatic heterocycles. The van der Waals surface area contributed by atoms with Crippen LogP contribution >= 0.6 is 0 Å². The van der Waals surface area contributed by atoms with Gasteiger partial charge in [-0.25, -0.2) is 8.78 Å². The molecule has 13 heavy (non-hydrogen) atoms. The van der Waals surface area contributed by atoms with Gasteiger partial charge in [0.05, 0.1) is 0 Å². The standard InChI is InChI=1S/C9H7F2NO/c1-5-3-12-4-6-2-7(9(10)11)13-8(5)6/h2-4,9H,1H3. The fourth-order valence-corrected chi connectivity index (χ4v) is 1.22. The first-order valence-corrected chi connectivity index (χ1v) is 3.80. The highest BCUT2D eigenvalue weighted by Crippen LogP contribution is 2.27. The minimum atomic E-state index is -2.56. The van der Waals surface area contributed by atoms with E-state index in [1.165, 1.54) is 12.3 Å². The van der Waals surface area contributed by atoms with Crippen molar-refractivity contribution < 1.29 is 13.2 Å². The zero-order valence-corrected chi connectivity index (χ0v) is 6.92. The third kappa shape index (κ3) is 1.28. The van der Waals surface area contributed by atoms with Gasteiger partial charge in [0.25, 0.3) is 6.43 Å². The van der Waals surface area contributed by atoms with Gasteiger partial charge < -0.3 is 4.42 Å². The van der Waals surface area contributed by atoms with Crippen molar-refractivity contribution in [2.75, 3.05) is 0 Å². The van der Waals surface area contributed by atoms with Crippen LogP contribution in [0.5, 0.6) is 0 Å². The fraction of sp³-hybridized carbons (Fsp3) is 0.222. The number of furan rings is 1. The van der Waals surface area contributed by atoms with E-state index in [-0.39, 0.29) is 5.76 Å². The minimum Gasteiger partial charge on any atom is -0.455 e. The van der Waals surface area contributed by atoms with Crippen LogP contribution in [0.3, 0.4) is 0 Å². The lowest BCUT2D eigenvalue weighted by molar-refractivity contribution is 0.124. The predicted molar refractivity (Wildman–Crippen MR) is 43.7 cm³/mol. The minimum absolute atomic E-state index is 0.300. The van der Waals surface area contributed by atoms with E-state index in [1.807, 2.05) is 0 Å². The number of halogens is 2. The summed E-state index contributed by atoms with van der Waals surface area (Å²) >= 11 is 0. The Morgan fingerprint density at radius 1 is 1.38 bits per heavy atom. The van der Waals surface area contributed by atoms with E-state index in [2.05, 4.69) is 4.98 Å². The second-order valence-electron chi connectivity index (χ2n) is 2.82. The van der Waals surface area contributed by atoms with Crippen molar-refractivity contribution in [3.63, 3.8) is 0 Å². The summed E-state index contributed by atoms with van der Waals surface area (Å²) in [6, 6.07) is 1.32. The van der Waals surface area contributed by atoms with Gasteiger partial charge in [-0.05, 0) is 13.0 Å². The van der Waals surface area contributed by atoms with Crippen LogP contribution in [0.2, 0.25) is 0 Å². The Morgan fingerprint density at radius 2 is 2.15 bits per heavy atom. The highest BCUT2D eigenvalue weighted by Gasteiger charge is 2.14. The number of fused-ring (bicyclic) bond motifs is 1. The monoisotopic (exact) mass is 183 g/mol. The Labute approximate surface area is 73.2 Å². The molecule has 0 aliphatic carbocycles. The van der Waals surface area contributed by atoms with E-state index in [4.69, 9.17) is 4.42 Å². The lowest BCUT2D eigenvalue weighted by Crippen LogP contribution is -1.75. The van der Waals surface area contributed by atoms with Crippen LogP contribution in [-0.2, 0) is 0 Å². The maximum Gasteiger partial charge on any atom is 0.295 e. The van der Waals surface area contributed by atoms with Crippen LogP contribution in [0.25, 0.3) is 11.0 Å². The summed E-state index contributed by atoms with van der Waals surface area (Å²) in [7, 11) is 0. The summed E-state index contributed by atoms with van der Waals surface area (Å²) in [6.45, 7) is 1.77. The zero-order valence-electron chi connectivity index (χ0n) is 6.92. The van der Waals surface area contributed by atoms with Gasteiger partial charge in [-0.1, -0.05) is 0 Å². The van der Waals surface area contributed by atoms with Gasteiger partial charge in [0.15, 0.2) is 5.76 Å². The second kappa shape index (κ2) is 2.80. The average molecular weight is 183 g/mol. The molecule has 2 heterocycles. The van der Waals surface area contributed by atoms with Gasteiger partial charge in [0.1, 0.15) is 5.58 Å². The number of aryl methyl sites for hydroxylation is 1. The molecule has 0 saturated heterocycles. The first-order valence-electron chi connectivity index (χ1n) is 3.80. The van der Waals surface area contributed by atoms with Gasteiger partial charge in [-0.3, -0.25) is 4.98 Å². The number of alkyl halides is 2. The Hall–Kier alpha value is -1.45. The van der Waals surface area contributed by atoms with E-state index in [0.29, 0.717) is 11.0 Å². The fourth-order valence-electron chi connectivity index (χ4n) is 1.22. The van der Waals surface area contributed by atoms with Crippen molar-refractivity contribution >= 4 is 11.0 Å². The van der Waals surface area contributed by atoms with E-state index >= 15 is 0 Å². The van der Waals surface area contributed by atoms with Gasteiger partial charge in [0.2, 0.25) is 0 Å². The molecule has 0 spiro atoms. The van der Waals surface area contributed by atoms with Crippen LogP contribution in [0.15, 0.2) is 22.9 Å². The Morgan fingerprint density at radius 3 is 2.77 bits per heavy atom. The number of hydrogen-bond acceptors (Lipinski definition) is 2. The summed E-state index contributed by atoms with van der Waals surface area (Å²) in [5, 5.41) is 0.621. The number of nitrogens with zero attached hydrogens (tertiary/aromatic N) is 1. The molecule has 2 nitrogen and oxygen atoms in total. The van der Waals surface area contributed by atoms with Gasteiger partial charge in [0, 0.05) is 23.3 Å². The topological polar surface area (TPSA) is 26.0 Å². The largest absolute Gasteiger partial charge is 0.455 e. The molecule has 0 aliphatic rings. The van der Waals surface area contributed by atoms with Crippen molar-refractivity contribution in [2.45, 2.75) is 13.3 Å². The highest BCUT2D eigenvalue weighted by atomic mass is 19.3. The quantitative estimate of drug-likeness (QED) is 0.679. The van der Waals surface area contributed by atoms with E-state index < -0.39 is 6.43 Å². The molecule has 0 N–H and O–H groups in total. The smallest absolute Gasteiger partial charge is 0.295 e. The molecular formula is C9H7F2NO. The summed E-state index contributed by atoms with van der Waals surface area (Å²) in [4.78, 5) is 3.88. The van der Waals surface area contributed by atoms with Crippen molar-refractivity contribution in [3.8, 4) is 0 Å². The molecule has 0 saturated carbocycles. The number of rotatable bonds is 1. The van der Waals surface area contributed by atoms with Crippen molar-refractivity contribution in [2.24, 2.45) is 0 Å². The molecule has 2 aromatic rings. The molecule has 0 aliphatic heterocycles. The molecule has 0 radical (unpaired) electrons. The Bertz CT molecular complexity index is 436. The lowest BCUT2D eigenvalue weighted by Gasteiger charge is -1.92. The average Bonchev–Trinajstić information content (AvgIpc) is 2.49. The first-order chi connectivity index (χ1) is 6.18. The maximum absolute atomic E-state index is 12.2. The number of aromatic nitrogens is 1. The van der Waals surface area contributed by atoms with Gasteiger partial charge in [-0.2, -0.15) is 0 Å². The molecular weight excluding hydrogens is 176 g/mol. The second-order valence-corrected chi connectivity index (χ2v) is 2.82. The van der Waals surface area contributed by atoms with Gasteiger partial charge in [-0.15, -0.1) is 0 Å². The molecule has 0 bridgehead atoms. The lowest BCUT2D eigenvalue weighted by atomic mass is 10.2. The van der Waals surface area contributed by atoms with E-state index in [0.717, 1.165) is 5.56 Å². The van der Waals surface area contributed by atoms with Gasteiger partial charge >= 0.3 is 0 Å². The van der Waals surface area contributed by atoms with Crippen LogP contribution in [-0.4, -0.2) is 4.98 Å². The van der Waals surface area contributed by atoms with Crippen molar-refractivity contribution in [1.29, 1.82) is 0 Å². The van der Waals surface area contributed by atoms with Crippen LogP contribution < -0.4 is 0 Å². The zero-order chi connectivity index (χ0) is 9.42. The summed E-state index contributed by atoms with van der Waals surface area (Å²) < 4.78 is 29.4. The Kier molecular flexibility index (Phi) is 1.76. The summed E-state index contributed by atoms with van der Waals surface area (Å²) in [5.41, 5.74) is 1.26. The third-order valence-corrected chi connectivity index (χ3v) is 1.83. The molecule has 0 aromatic carbocycles. The molecule has 4 heteroatoms. The SMILES string of the molecule is Cc1cncc2cc(C(F)F)oc12. The summed E-state index contributed by atoms with van der Waals surface area (Å²) in [6.07, 6.45) is 0.533. The molecule has 0 fully saturated rings. The first kappa shape index (κ1) is 8.16. The van der Waals surface area contributed by atoms with E-state index in [9.17, 15) is 8.78 Å². The van der Waals surface area contributed by atoms with Crippen LogP contribution in [0.1, 0.15) is 17.7 Å².